The Kier molecular flexibility index (Phi) is 3.18. The molecule has 14 heavy (non-hydrogen) atoms. The predicted octanol–water partition coefficient (Wildman–Crippen LogP) is 4.20. The Labute approximate surface area is 86.0 Å². The molecule has 0 heterocycles. The van der Waals surface area contributed by atoms with Crippen LogP contribution in [-0.4, -0.2) is 0 Å². The molecule has 1 aromatic rings. The molecule has 0 aliphatic heterocycles. The molecule has 0 saturated carbocycles. The van der Waals surface area contributed by atoms with E-state index in [2.05, 4.69) is 48.6 Å². The van der Waals surface area contributed by atoms with Crippen molar-refractivity contribution in [3.63, 3.8) is 0 Å². The van der Waals surface area contributed by atoms with Crippen LogP contribution in [0.2, 0.25) is 0 Å². The van der Waals surface area contributed by atoms with Gasteiger partial charge < -0.3 is 0 Å². The smallest absolute Gasteiger partial charge is 0.0228 e. The zero-order valence-electron chi connectivity index (χ0n) is 8.45. The fraction of sp³-hybridized carbons (Fsp3) is 0.286. The molecule has 1 aliphatic carbocycles. The third-order valence-corrected chi connectivity index (χ3v) is 2.62. The van der Waals surface area contributed by atoms with Crippen molar-refractivity contribution >= 4 is 5.57 Å². The normalized spacial score (nSPS) is 17.0. The Morgan fingerprint density at radius 3 is 2.43 bits per heavy atom. The van der Waals surface area contributed by atoms with Gasteiger partial charge >= 0.3 is 0 Å². The Morgan fingerprint density at radius 2 is 1.57 bits per heavy atom. The van der Waals surface area contributed by atoms with Crippen LogP contribution in [0.15, 0.2) is 48.6 Å². The topological polar surface area (TPSA) is 0 Å². The number of allylic oxidation sites excluding steroid dienone is 4. The zero-order chi connectivity index (χ0) is 9.64. The van der Waals surface area contributed by atoms with Gasteiger partial charge in [-0.3, -0.25) is 0 Å². The van der Waals surface area contributed by atoms with Crippen molar-refractivity contribution in [2.24, 2.45) is 0 Å². The van der Waals surface area contributed by atoms with E-state index in [1.165, 1.54) is 36.8 Å². The van der Waals surface area contributed by atoms with Gasteiger partial charge in [-0.15, -0.1) is 0 Å². The Bertz CT molecular complexity index is 330. The van der Waals surface area contributed by atoms with E-state index in [1.807, 2.05) is 0 Å². The summed E-state index contributed by atoms with van der Waals surface area (Å²) in [6, 6.07) is 10.7. The predicted molar refractivity (Wildman–Crippen MR) is 62.0 cm³/mol. The first-order chi connectivity index (χ1) is 6.97. The van der Waals surface area contributed by atoms with Gasteiger partial charge in [0.1, 0.15) is 0 Å². The highest BCUT2D eigenvalue weighted by molar-refractivity contribution is 5.65. The van der Waals surface area contributed by atoms with E-state index >= 15 is 0 Å². The van der Waals surface area contributed by atoms with Crippen molar-refractivity contribution in [1.29, 1.82) is 0 Å². The first-order valence-electron chi connectivity index (χ1n) is 5.36. The highest BCUT2D eigenvalue weighted by Crippen LogP contribution is 2.22. The SMILES string of the molecule is C1=CCCC(c2ccccc2)=CCC1. The van der Waals surface area contributed by atoms with Gasteiger partial charge in [0.05, 0.1) is 0 Å². The van der Waals surface area contributed by atoms with Crippen molar-refractivity contribution in [2.45, 2.75) is 25.7 Å². The molecule has 1 aromatic carbocycles. The fourth-order valence-electron chi connectivity index (χ4n) is 1.84. The van der Waals surface area contributed by atoms with Crippen LogP contribution in [0.5, 0.6) is 0 Å². The molecule has 0 radical (unpaired) electrons. The number of hydrogen-bond donors (Lipinski definition) is 0. The molecule has 0 spiro atoms. The standard InChI is InChI=1S/C14H16/c1-2-5-9-13(10-6-3-1)14-11-7-4-8-12-14/h1-2,4,7-8,10-12H,3,5-6,9H2. The van der Waals surface area contributed by atoms with Gasteiger partial charge in [0.15, 0.2) is 0 Å². The second kappa shape index (κ2) is 4.80. The van der Waals surface area contributed by atoms with Crippen LogP contribution < -0.4 is 0 Å². The lowest BCUT2D eigenvalue weighted by Gasteiger charge is -2.08. The average Bonchev–Trinajstić information content (AvgIpc) is 2.18. The molecule has 0 saturated heterocycles. The summed E-state index contributed by atoms with van der Waals surface area (Å²) in [5.41, 5.74) is 2.90. The van der Waals surface area contributed by atoms with Crippen LogP contribution in [0, 0.1) is 0 Å². The third-order valence-electron chi connectivity index (χ3n) is 2.62. The van der Waals surface area contributed by atoms with Gasteiger partial charge in [-0.25, -0.2) is 0 Å². The molecule has 0 atom stereocenters. The van der Waals surface area contributed by atoms with Crippen LogP contribution in [-0.2, 0) is 0 Å². The van der Waals surface area contributed by atoms with Crippen molar-refractivity contribution in [3.8, 4) is 0 Å². The first-order valence-corrected chi connectivity index (χ1v) is 5.36. The number of hydrogen-bond acceptors (Lipinski definition) is 0. The van der Waals surface area contributed by atoms with Crippen molar-refractivity contribution < 1.29 is 0 Å². The van der Waals surface area contributed by atoms with Gasteiger partial charge in [-0.1, -0.05) is 48.6 Å². The van der Waals surface area contributed by atoms with E-state index < -0.39 is 0 Å². The first kappa shape index (κ1) is 9.26. The lowest BCUT2D eigenvalue weighted by molar-refractivity contribution is 0.975. The van der Waals surface area contributed by atoms with Crippen LogP contribution in [0.4, 0.5) is 0 Å². The molecule has 0 heteroatoms. The molecule has 72 valence electrons. The summed E-state index contributed by atoms with van der Waals surface area (Å²) in [6.45, 7) is 0. The fourth-order valence-corrected chi connectivity index (χ4v) is 1.84. The zero-order valence-corrected chi connectivity index (χ0v) is 8.45. The molecular weight excluding hydrogens is 168 g/mol. The summed E-state index contributed by atoms with van der Waals surface area (Å²) in [6.07, 6.45) is 11.7. The largest absolute Gasteiger partial charge is 0.0882 e. The minimum absolute atomic E-state index is 1.18. The summed E-state index contributed by atoms with van der Waals surface area (Å²) in [7, 11) is 0. The maximum Gasteiger partial charge on any atom is -0.0228 e. The molecule has 0 bridgehead atoms. The van der Waals surface area contributed by atoms with Crippen LogP contribution in [0.25, 0.3) is 5.57 Å². The summed E-state index contributed by atoms with van der Waals surface area (Å²) < 4.78 is 0. The Morgan fingerprint density at radius 1 is 0.786 bits per heavy atom. The highest BCUT2D eigenvalue weighted by atomic mass is 14.1. The molecule has 1 aliphatic rings. The van der Waals surface area contributed by atoms with Gasteiger partial charge in [0, 0.05) is 0 Å². The quantitative estimate of drug-likeness (QED) is 0.574. The van der Waals surface area contributed by atoms with E-state index in [0.717, 1.165) is 0 Å². The van der Waals surface area contributed by atoms with Gasteiger partial charge in [-0.05, 0) is 36.8 Å². The average molecular weight is 184 g/mol. The van der Waals surface area contributed by atoms with Crippen molar-refractivity contribution in [3.05, 3.63) is 54.1 Å². The Balaban J connectivity index is 2.17. The molecular formula is C14H16. The third kappa shape index (κ3) is 2.35. The molecule has 0 unspecified atom stereocenters. The van der Waals surface area contributed by atoms with Gasteiger partial charge in [0.25, 0.3) is 0 Å². The maximum atomic E-state index is 2.39. The van der Waals surface area contributed by atoms with Crippen molar-refractivity contribution in [1.82, 2.24) is 0 Å². The Hall–Kier alpha value is -1.30. The molecule has 0 amide bonds. The summed E-state index contributed by atoms with van der Waals surface area (Å²) in [5.74, 6) is 0. The van der Waals surface area contributed by atoms with Gasteiger partial charge in [0.2, 0.25) is 0 Å². The summed E-state index contributed by atoms with van der Waals surface area (Å²) in [4.78, 5) is 0. The monoisotopic (exact) mass is 184 g/mol. The van der Waals surface area contributed by atoms with E-state index in [4.69, 9.17) is 0 Å². The molecule has 0 nitrogen and oxygen atoms in total. The van der Waals surface area contributed by atoms with E-state index in [-0.39, 0.29) is 0 Å². The number of rotatable bonds is 1. The van der Waals surface area contributed by atoms with Crippen LogP contribution >= 0.6 is 0 Å². The molecule has 0 fully saturated rings. The second-order valence-electron chi connectivity index (χ2n) is 3.68. The minimum atomic E-state index is 1.18. The van der Waals surface area contributed by atoms with Crippen LogP contribution in [0.1, 0.15) is 31.2 Å². The van der Waals surface area contributed by atoms with E-state index in [0.29, 0.717) is 0 Å². The summed E-state index contributed by atoms with van der Waals surface area (Å²) in [5, 5.41) is 0. The summed E-state index contributed by atoms with van der Waals surface area (Å²) >= 11 is 0. The lowest BCUT2D eigenvalue weighted by atomic mass is 9.98. The highest BCUT2D eigenvalue weighted by Gasteiger charge is 2.00. The molecule has 0 N–H and O–H groups in total. The van der Waals surface area contributed by atoms with E-state index in [9.17, 15) is 0 Å². The van der Waals surface area contributed by atoms with Gasteiger partial charge in [-0.2, -0.15) is 0 Å². The van der Waals surface area contributed by atoms with Crippen LogP contribution in [0.3, 0.4) is 0 Å². The molecule has 0 aromatic heterocycles. The lowest BCUT2D eigenvalue weighted by Crippen LogP contribution is -1.86. The van der Waals surface area contributed by atoms with E-state index in [1.54, 1.807) is 0 Å². The molecule has 2 rings (SSSR count). The minimum Gasteiger partial charge on any atom is -0.0882 e. The second-order valence-corrected chi connectivity index (χ2v) is 3.68. The number of benzene rings is 1. The van der Waals surface area contributed by atoms with Crippen molar-refractivity contribution in [2.75, 3.05) is 0 Å². The maximum absolute atomic E-state index is 2.39.